The van der Waals surface area contributed by atoms with Gasteiger partial charge in [-0.05, 0) is 24.3 Å². The van der Waals surface area contributed by atoms with E-state index in [-0.39, 0.29) is 14.3 Å². The molecule has 9 heavy (non-hydrogen) atoms. The van der Waals surface area contributed by atoms with Crippen molar-refractivity contribution in [1.29, 1.82) is 0 Å². The summed E-state index contributed by atoms with van der Waals surface area (Å²) in [5.41, 5.74) is 0. The summed E-state index contributed by atoms with van der Waals surface area (Å²) in [5.74, 6) is -0.303. The van der Waals surface area contributed by atoms with Gasteiger partial charge < -0.3 is 0 Å². The van der Waals surface area contributed by atoms with Crippen LogP contribution >= 0.6 is 8.46 Å². The molecule has 0 aliphatic rings. The molecule has 0 amide bonds. The van der Waals surface area contributed by atoms with Crippen LogP contribution in [0.2, 0.25) is 0 Å². The lowest BCUT2D eigenvalue weighted by Crippen LogP contribution is -1.88. The lowest BCUT2D eigenvalue weighted by Gasteiger charge is -1.85. The van der Waals surface area contributed by atoms with Crippen LogP contribution in [0.15, 0.2) is 24.3 Å². The van der Waals surface area contributed by atoms with E-state index in [1.165, 1.54) is 24.3 Å². The summed E-state index contributed by atoms with van der Waals surface area (Å²) in [7, 11) is -0.0647. The Kier molecular flexibility index (Phi) is 1.91. The van der Waals surface area contributed by atoms with Crippen LogP contribution in [0.25, 0.3) is 0 Å². The van der Waals surface area contributed by atoms with Gasteiger partial charge in [0.1, 0.15) is 5.82 Å². The molecule has 0 N–H and O–H groups in total. The molecule has 0 aromatic heterocycles. The highest BCUT2D eigenvalue weighted by atomic mass is 31.1. The topological polar surface area (TPSA) is 17.1 Å². The molecular formula is C6H4FOP. The maximum Gasteiger partial charge on any atom is 0.192 e. The molecule has 1 aromatic carbocycles. The van der Waals surface area contributed by atoms with Crippen molar-refractivity contribution >= 4 is 13.8 Å². The molecule has 0 fully saturated rings. The molecule has 0 aliphatic heterocycles. The summed E-state index contributed by atoms with van der Waals surface area (Å²) in [6.45, 7) is 0. The van der Waals surface area contributed by atoms with Crippen molar-refractivity contribution in [3.63, 3.8) is 0 Å². The van der Waals surface area contributed by atoms with E-state index < -0.39 is 0 Å². The van der Waals surface area contributed by atoms with Crippen LogP contribution in [0, 0.1) is 5.82 Å². The predicted octanol–water partition coefficient (Wildman–Crippen LogP) is 1.74. The Morgan fingerprint density at radius 3 is 2.22 bits per heavy atom. The normalized spacial score (nSPS) is 9.89. The zero-order valence-electron chi connectivity index (χ0n) is 4.54. The summed E-state index contributed by atoms with van der Waals surface area (Å²) >= 11 is 0. The molecule has 1 aromatic rings. The summed E-state index contributed by atoms with van der Waals surface area (Å²) < 4.78 is 22.2. The summed E-state index contributed by atoms with van der Waals surface area (Å²) in [5, 5.41) is 0.594. The van der Waals surface area contributed by atoms with Gasteiger partial charge in [0.15, 0.2) is 8.46 Å². The van der Waals surface area contributed by atoms with Crippen molar-refractivity contribution in [3.8, 4) is 0 Å². The fourth-order valence-corrected chi connectivity index (χ4v) is 0.773. The highest BCUT2D eigenvalue weighted by Gasteiger charge is 1.89. The second-order valence-electron chi connectivity index (χ2n) is 1.57. The van der Waals surface area contributed by atoms with Gasteiger partial charge in [-0.2, -0.15) is 0 Å². The highest BCUT2D eigenvalue weighted by molar-refractivity contribution is 7.34. The number of rotatable bonds is 1. The molecule has 0 spiro atoms. The second-order valence-corrected chi connectivity index (χ2v) is 2.27. The van der Waals surface area contributed by atoms with E-state index in [0.717, 1.165) is 0 Å². The smallest absolute Gasteiger partial charge is 0.192 e. The summed E-state index contributed by atoms with van der Waals surface area (Å²) in [6.07, 6.45) is 0. The van der Waals surface area contributed by atoms with Crippen LogP contribution < -0.4 is 5.30 Å². The Hall–Kier alpha value is -0.750. The Morgan fingerprint density at radius 2 is 1.78 bits per heavy atom. The Balaban J connectivity index is 3.01. The van der Waals surface area contributed by atoms with Crippen LogP contribution in [-0.2, 0) is 4.57 Å². The van der Waals surface area contributed by atoms with Gasteiger partial charge in [-0.3, -0.25) is 4.57 Å². The lowest BCUT2D eigenvalue weighted by molar-refractivity contribution is 0.603. The van der Waals surface area contributed by atoms with E-state index in [4.69, 9.17) is 0 Å². The first-order chi connectivity index (χ1) is 4.33. The standard InChI is InChI=1S/C6H4FOP/c7-5-1-3-6(9-8)4-2-5/h1-4H. The van der Waals surface area contributed by atoms with Crippen LogP contribution in [0.3, 0.4) is 0 Å². The number of benzene rings is 1. The molecule has 0 aliphatic carbocycles. The minimum atomic E-state index is -0.303. The van der Waals surface area contributed by atoms with E-state index in [1.807, 2.05) is 0 Å². The zero-order valence-corrected chi connectivity index (χ0v) is 5.44. The van der Waals surface area contributed by atoms with Crippen molar-refractivity contribution in [2.75, 3.05) is 0 Å². The van der Waals surface area contributed by atoms with Crippen molar-refractivity contribution in [2.45, 2.75) is 0 Å². The van der Waals surface area contributed by atoms with E-state index in [0.29, 0.717) is 5.30 Å². The second kappa shape index (κ2) is 2.70. The molecule has 1 nitrogen and oxygen atoms in total. The van der Waals surface area contributed by atoms with Gasteiger partial charge >= 0.3 is 0 Å². The summed E-state index contributed by atoms with van der Waals surface area (Å²) in [4.78, 5) is 0. The van der Waals surface area contributed by atoms with Crippen molar-refractivity contribution in [3.05, 3.63) is 30.1 Å². The SMILES string of the molecule is O=Pc1ccc(F)cc1. The lowest BCUT2D eigenvalue weighted by atomic mass is 10.4. The molecule has 1 rings (SSSR count). The Morgan fingerprint density at radius 1 is 1.22 bits per heavy atom. The largest absolute Gasteiger partial charge is 0.269 e. The van der Waals surface area contributed by atoms with Gasteiger partial charge in [-0.1, -0.05) is 0 Å². The van der Waals surface area contributed by atoms with Crippen LogP contribution in [-0.4, -0.2) is 0 Å². The van der Waals surface area contributed by atoms with Crippen molar-refractivity contribution in [2.24, 2.45) is 0 Å². The highest BCUT2D eigenvalue weighted by Crippen LogP contribution is 1.97. The van der Waals surface area contributed by atoms with Crippen LogP contribution in [0.5, 0.6) is 0 Å². The van der Waals surface area contributed by atoms with Crippen molar-refractivity contribution in [1.82, 2.24) is 0 Å². The van der Waals surface area contributed by atoms with Crippen molar-refractivity contribution < 1.29 is 8.96 Å². The molecule has 0 saturated carbocycles. The van der Waals surface area contributed by atoms with E-state index >= 15 is 0 Å². The quantitative estimate of drug-likeness (QED) is 0.546. The molecule has 0 radical (unpaired) electrons. The average Bonchev–Trinajstić information content (AvgIpc) is 1.90. The van der Waals surface area contributed by atoms with Gasteiger partial charge in [0.2, 0.25) is 0 Å². The van der Waals surface area contributed by atoms with Crippen LogP contribution in [0.1, 0.15) is 0 Å². The fraction of sp³-hybridized carbons (Fsp3) is 0. The van der Waals surface area contributed by atoms with Gasteiger partial charge in [-0.15, -0.1) is 0 Å². The van der Waals surface area contributed by atoms with E-state index in [2.05, 4.69) is 0 Å². The Bertz CT molecular complexity index is 207. The van der Waals surface area contributed by atoms with E-state index in [1.54, 1.807) is 0 Å². The van der Waals surface area contributed by atoms with Gasteiger partial charge in [-0.25, -0.2) is 4.39 Å². The Labute approximate surface area is 53.7 Å². The first-order valence-corrected chi connectivity index (χ1v) is 3.23. The minimum Gasteiger partial charge on any atom is -0.269 e. The minimum absolute atomic E-state index is 0.0647. The monoisotopic (exact) mass is 142 g/mol. The average molecular weight is 142 g/mol. The molecular weight excluding hydrogens is 138 g/mol. The molecule has 0 bridgehead atoms. The first-order valence-electron chi connectivity index (χ1n) is 2.42. The first kappa shape index (κ1) is 6.37. The number of halogens is 1. The third kappa shape index (κ3) is 1.58. The van der Waals surface area contributed by atoms with Gasteiger partial charge in [0.25, 0.3) is 0 Å². The fourth-order valence-electron chi connectivity index (χ4n) is 0.502. The summed E-state index contributed by atoms with van der Waals surface area (Å²) in [6, 6.07) is 5.51. The van der Waals surface area contributed by atoms with Gasteiger partial charge in [0, 0.05) is 5.30 Å². The third-order valence-electron chi connectivity index (χ3n) is 0.932. The molecule has 0 unspecified atom stereocenters. The van der Waals surface area contributed by atoms with E-state index in [9.17, 15) is 8.96 Å². The molecule has 0 heterocycles. The predicted molar refractivity (Wildman–Crippen MR) is 33.6 cm³/mol. The number of hydrogen-bond donors (Lipinski definition) is 0. The maximum atomic E-state index is 12.1. The third-order valence-corrected chi connectivity index (χ3v) is 1.44. The van der Waals surface area contributed by atoms with Gasteiger partial charge in [0.05, 0.1) is 0 Å². The maximum absolute atomic E-state index is 12.1. The molecule has 0 atom stereocenters. The van der Waals surface area contributed by atoms with Crippen LogP contribution in [0.4, 0.5) is 4.39 Å². The molecule has 46 valence electrons. The molecule has 3 heteroatoms. The number of hydrogen-bond acceptors (Lipinski definition) is 1. The zero-order chi connectivity index (χ0) is 6.69. The molecule has 0 saturated heterocycles.